The molecule has 9 heteroatoms. The zero-order chi connectivity index (χ0) is 31.5. The van der Waals surface area contributed by atoms with Crippen LogP contribution in [0.5, 0.6) is 5.75 Å². The highest BCUT2D eigenvalue weighted by molar-refractivity contribution is 6.16. The third-order valence-electron chi connectivity index (χ3n) is 9.73. The fourth-order valence-electron chi connectivity index (χ4n) is 7.39. The Labute approximate surface area is 255 Å². The number of anilines is 1. The molecule has 0 spiro atoms. The molecule has 0 bridgehead atoms. The number of amides is 1. The van der Waals surface area contributed by atoms with E-state index in [1.54, 1.807) is 6.07 Å². The number of Topliss-reactive ketones (excluding diaryl/α,β-unsaturated/α-hetero) is 2. The number of hydrogen-bond acceptors (Lipinski definition) is 8. The maximum absolute atomic E-state index is 14.3. The number of carbonyl (C=O) groups excluding carboxylic acids is 3. The number of hydrogen-bond donors (Lipinski definition) is 5. The van der Waals surface area contributed by atoms with Gasteiger partial charge in [-0.1, -0.05) is 30.0 Å². The third kappa shape index (κ3) is 4.61. The van der Waals surface area contributed by atoms with Crippen LogP contribution in [0.4, 0.5) is 5.69 Å². The van der Waals surface area contributed by atoms with Crippen LogP contribution in [-0.4, -0.2) is 63.7 Å². The van der Waals surface area contributed by atoms with E-state index in [0.29, 0.717) is 11.1 Å². The molecule has 1 amide bonds. The van der Waals surface area contributed by atoms with Crippen molar-refractivity contribution in [1.82, 2.24) is 0 Å². The average Bonchev–Trinajstić information content (AvgIpc) is 2.99. The van der Waals surface area contributed by atoms with Gasteiger partial charge in [0.2, 0.25) is 5.91 Å². The van der Waals surface area contributed by atoms with Crippen molar-refractivity contribution in [2.45, 2.75) is 56.7 Å². The number of aliphatic hydroxyl groups is 3. The lowest BCUT2D eigenvalue weighted by Gasteiger charge is -2.48. The summed E-state index contributed by atoms with van der Waals surface area (Å²) in [6.45, 7) is 0. The zero-order valence-corrected chi connectivity index (χ0v) is 24.8. The molecule has 228 valence electrons. The Hall–Kier alpha value is -4.39. The van der Waals surface area contributed by atoms with E-state index in [9.17, 15) is 34.8 Å². The molecule has 5 atom stereocenters. The summed E-state index contributed by atoms with van der Waals surface area (Å²) in [5.41, 5.74) is 6.93. The molecule has 9 nitrogen and oxygen atoms in total. The van der Waals surface area contributed by atoms with Gasteiger partial charge in [-0.05, 0) is 91.3 Å². The first-order chi connectivity index (χ1) is 20.9. The zero-order valence-electron chi connectivity index (χ0n) is 24.8. The van der Waals surface area contributed by atoms with Crippen LogP contribution in [0.3, 0.4) is 0 Å². The fraction of sp³-hybridized carbons (Fsp3) is 0.400. The van der Waals surface area contributed by atoms with E-state index in [0.717, 1.165) is 42.5 Å². The summed E-state index contributed by atoms with van der Waals surface area (Å²) in [6, 6.07) is 9.59. The highest BCUT2D eigenvalue weighted by atomic mass is 16.3. The summed E-state index contributed by atoms with van der Waals surface area (Å²) in [7, 11) is 3.87. The van der Waals surface area contributed by atoms with Crippen molar-refractivity contribution in [2.24, 2.45) is 23.5 Å². The molecule has 0 aromatic heterocycles. The summed E-state index contributed by atoms with van der Waals surface area (Å²) < 4.78 is 0. The largest absolute Gasteiger partial charge is 0.508 e. The van der Waals surface area contributed by atoms with Crippen LogP contribution >= 0.6 is 0 Å². The minimum Gasteiger partial charge on any atom is -0.508 e. The molecule has 1 fully saturated rings. The predicted octanol–water partition coefficient (Wildman–Crippen LogP) is 3.33. The lowest BCUT2D eigenvalue weighted by molar-refractivity contribution is -0.167. The van der Waals surface area contributed by atoms with Crippen LogP contribution < -0.4 is 10.6 Å². The first-order valence-corrected chi connectivity index (χ1v) is 15.0. The van der Waals surface area contributed by atoms with Gasteiger partial charge in [0.05, 0.1) is 17.2 Å². The molecule has 2 aromatic rings. The summed E-state index contributed by atoms with van der Waals surface area (Å²) in [5.74, 6) is -1.14. The van der Waals surface area contributed by atoms with Crippen molar-refractivity contribution >= 4 is 23.2 Å². The van der Waals surface area contributed by atoms with E-state index < -0.39 is 52.7 Å². The molecule has 4 aliphatic carbocycles. The number of phenols is 1. The molecule has 0 aliphatic heterocycles. The maximum atomic E-state index is 14.3. The minimum absolute atomic E-state index is 0.0318. The Kier molecular flexibility index (Phi) is 7.39. The molecule has 0 heterocycles. The lowest BCUT2D eigenvalue weighted by Crippen LogP contribution is -2.63. The van der Waals surface area contributed by atoms with E-state index in [4.69, 9.17) is 5.73 Å². The highest BCUT2D eigenvalue weighted by Crippen LogP contribution is 2.53. The van der Waals surface area contributed by atoms with Gasteiger partial charge >= 0.3 is 0 Å². The number of carbonyl (C=O) groups is 3. The molecular formula is C35H36N2O7. The number of phenolic OH excluding ortho intramolecular Hbond substituents is 1. The molecule has 6 rings (SSSR count). The second-order valence-electron chi connectivity index (χ2n) is 12.6. The van der Waals surface area contributed by atoms with Gasteiger partial charge in [-0.25, -0.2) is 0 Å². The van der Waals surface area contributed by atoms with Crippen LogP contribution in [0, 0.1) is 29.6 Å². The third-order valence-corrected chi connectivity index (χ3v) is 9.73. The first-order valence-electron chi connectivity index (χ1n) is 15.0. The molecule has 0 saturated heterocycles. The second-order valence-corrected chi connectivity index (χ2v) is 12.6. The van der Waals surface area contributed by atoms with Crippen molar-refractivity contribution in [2.75, 3.05) is 19.0 Å². The van der Waals surface area contributed by atoms with E-state index in [1.807, 2.05) is 43.3 Å². The molecule has 2 aromatic carbocycles. The van der Waals surface area contributed by atoms with E-state index in [-0.39, 0.29) is 41.7 Å². The monoisotopic (exact) mass is 596 g/mol. The number of primary amides is 1. The van der Waals surface area contributed by atoms with Crippen molar-refractivity contribution in [3.8, 4) is 28.7 Å². The first kappa shape index (κ1) is 29.7. The molecule has 6 N–H and O–H groups in total. The predicted molar refractivity (Wildman–Crippen MR) is 164 cm³/mol. The topological polar surface area (TPSA) is 161 Å². The average molecular weight is 597 g/mol. The number of nitrogens with two attached hydrogens (primary N) is 1. The van der Waals surface area contributed by atoms with E-state index in [2.05, 4.69) is 17.9 Å². The molecule has 44 heavy (non-hydrogen) atoms. The van der Waals surface area contributed by atoms with E-state index >= 15 is 0 Å². The van der Waals surface area contributed by atoms with Gasteiger partial charge in [-0.3, -0.25) is 14.4 Å². The summed E-state index contributed by atoms with van der Waals surface area (Å²) in [4.78, 5) is 41.6. The molecule has 0 radical (unpaired) electrons. The second kappa shape index (κ2) is 11.0. The van der Waals surface area contributed by atoms with Crippen LogP contribution in [0.2, 0.25) is 0 Å². The number of ketones is 2. The quantitative estimate of drug-likeness (QED) is 0.266. The van der Waals surface area contributed by atoms with Gasteiger partial charge in [-0.15, -0.1) is 0 Å². The SMILES string of the molecule is CN(C)c1ccc(-c2cc(C#CC3=CCCCC3)c(O)c3c2C[C@H]2C[C@H]4CC(O)C(C(N)=O)C(=O)[C@@]4(O)C(O)=C2C3=O)cc1. The van der Waals surface area contributed by atoms with Crippen molar-refractivity contribution in [3.63, 3.8) is 0 Å². The standard InChI is InChI=1S/C35H36N2O7/c1-37(2)23-12-10-19(11-13-23)24-15-20(9-8-18-6-4-3-5-7-18)30(39)28-25(24)16-21-14-22-17-26(38)29(34(36)43)33(42)35(22,44)32(41)27(21)31(28)40/h6,10-13,15,21-22,26,29,38-39,41,44H,3-5,7,14,16-17H2,1-2H3,(H2,36,43)/t21-,22+,26?,29?,35+/m1/s1. The van der Waals surface area contributed by atoms with Crippen LogP contribution in [0.15, 0.2) is 53.3 Å². The number of rotatable bonds is 3. The Morgan fingerprint density at radius 1 is 1.07 bits per heavy atom. The number of nitrogens with zero attached hydrogens (tertiary/aromatic N) is 1. The van der Waals surface area contributed by atoms with Gasteiger partial charge in [0.1, 0.15) is 17.4 Å². The lowest BCUT2D eigenvalue weighted by atomic mass is 9.57. The molecule has 1 saturated carbocycles. The van der Waals surface area contributed by atoms with Gasteiger partial charge in [-0.2, -0.15) is 0 Å². The minimum atomic E-state index is -2.55. The van der Waals surface area contributed by atoms with E-state index in [1.165, 1.54) is 0 Å². The number of aliphatic hydroxyl groups excluding tert-OH is 2. The summed E-state index contributed by atoms with van der Waals surface area (Å²) in [6.07, 6.45) is 4.76. The van der Waals surface area contributed by atoms with Crippen molar-refractivity contribution < 1.29 is 34.8 Å². The number of benzene rings is 2. The molecule has 2 unspecified atom stereocenters. The Morgan fingerprint density at radius 3 is 2.43 bits per heavy atom. The number of allylic oxidation sites excluding steroid dienone is 3. The molecular weight excluding hydrogens is 560 g/mol. The summed E-state index contributed by atoms with van der Waals surface area (Å²) >= 11 is 0. The van der Waals surface area contributed by atoms with Gasteiger partial charge < -0.3 is 31.1 Å². The van der Waals surface area contributed by atoms with Crippen molar-refractivity contribution in [1.29, 1.82) is 0 Å². The van der Waals surface area contributed by atoms with Gasteiger partial charge in [0.15, 0.2) is 17.2 Å². The van der Waals surface area contributed by atoms with Gasteiger partial charge in [0.25, 0.3) is 0 Å². The van der Waals surface area contributed by atoms with Crippen LogP contribution in [-0.2, 0) is 16.0 Å². The highest BCUT2D eigenvalue weighted by Gasteiger charge is 2.62. The summed E-state index contributed by atoms with van der Waals surface area (Å²) in [5, 5.41) is 45.1. The Bertz CT molecular complexity index is 1710. The van der Waals surface area contributed by atoms with Crippen LogP contribution in [0.1, 0.15) is 60.0 Å². The normalized spacial score (nSPS) is 27.8. The smallest absolute Gasteiger partial charge is 0.230 e. The van der Waals surface area contributed by atoms with Gasteiger partial charge in [0, 0.05) is 31.3 Å². The Balaban J connectivity index is 1.53. The van der Waals surface area contributed by atoms with Crippen molar-refractivity contribution in [3.05, 3.63) is 70.0 Å². The van der Waals surface area contributed by atoms with Crippen LogP contribution in [0.25, 0.3) is 11.1 Å². The maximum Gasteiger partial charge on any atom is 0.230 e. The fourth-order valence-corrected chi connectivity index (χ4v) is 7.39. The molecule has 4 aliphatic rings. The number of fused-ring (bicyclic) bond motifs is 3. The Morgan fingerprint density at radius 2 is 1.80 bits per heavy atom. The number of aromatic hydroxyl groups is 1.